The number of carbonyl (C=O) groups excluding carboxylic acids is 1. The molecular formula is C15H23N3O2. The summed E-state index contributed by atoms with van der Waals surface area (Å²) in [6, 6.07) is 4.64. The smallest absolute Gasteiger partial charge is 0.234 e. The second-order valence-electron chi connectivity index (χ2n) is 5.73. The van der Waals surface area contributed by atoms with Crippen LogP contribution in [0.4, 0.5) is 0 Å². The molecule has 2 fully saturated rings. The fourth-order valence-corrected chi connectivity index (χ4v) is 2.74. The van der Waals surface area contributed by atoms with Crippen LogP contribution < -0.4 is 10.6 Å². The molecular weight excluding hydrogens is 254 g/mol. The van der Waals surface area contributed by atoms with Crippen LogP contribution in [0.2, 0.25) is 0 Å². The average molecular weight is 277 g/mol. The molecule has 0 radical (unpaired) electrons. The predicted octanol–water partition coefficient (Wildman–Crippen LogP) is 1.28. The van der Waals surface area contributed by atoms with Crippen molar-refractivity contribution in [2.24, 2.45) is 0 Å². The van der Waals surface area contributed by atoms with Crippen LogP contribution in [0.5, 0.6) is 0 Å². The number of carbonyl (C=O) groups is 1. The highest BCUT2D eigenvalue weighted by atomic mass is 16.3. The first kappa shape index (κ1) is 13.6. The molecule has 1 amide bonds. The van der Waals surface area contributed by atoms with Crippen LogP contribution in [0, 0.1) is 0 Å². The molecule has 1 aromatic heterocycles. The zero-order valence-electron chi connectivity index (χ0n) is 11.8. The fraction of sp³-hybridized carbons (Fsp3) is 0.667. The first-order valence-electron chi connectivity index (χ1n) is 7.60. The zero-order valence-corrected chi connectivity index (χ0v) is 11.8. The SMILES string of the molecule is O=C(CNC1CC1)NCC(c1ccco1)N1CCCC1. The summed E-state index contributed by atoms with van der Waals surface area (Å²) in [5, 5.41) is 6.26. The largest absolute Gasteiger partial charge is 0.468 e. The monoisotopic (exact) mass is 277 g/mol. The molecule has 1 aliphatic heterocycles. The van der Waals surface area contributed by atoms with Crippen molar-refractivity contribution in [3.05, 3.63) is 24.2 Å². The van der Waals surface area contributed by atoms with Crippen molar-refractivity contribution in [3.8, 4) is 0 Å². The Morgan fingerprint density at radius 2 is 2.20 bits per heavy atom. The van der Waals surface area contributed by atoms with Crippen molar-refractivity contribution in [2.45, 2.75) is 37.8 Å². The molecule has 0 spiro atoms. The minimum absolute atomic E-state index is 0.0765. The standard InChI is InChI=1S/C15H23N3O2/c19-15(11-16-12-5-6-12)17-10-13(14-4-3-9-20-14)18-7-1-2-8-18/h3-4,9,12-13,16H,1-2,5-8,10-11H2,(H,17,19). The number of hydrogen-bond acceptors (Lipinski definition) is 4. The lowest BCUT2D eigenvalue weighted by Gasteiger charge is -2.26. The van der Waals surface area contributed by atoms with Gasteiger partial charge in [0.05, 0.1) is 18.8 Å². The van der Waals surface area contributed by atoms with E-state index in [-0.39, 0.29) is 11.9 Å². The van der Waals surface area contributed by atoms with E-state index in [2.05, 4.69) is 15.5 Å². The molecule has 5 heteroatoms. The number of furan rings is 1. The summed E-state index contributed by atoms with van der Waals surface area (Å²) in [6.07, 6.45) is 6.57. The summed E-state index contributed by atoms with van der Waals surface area (Å²) in [5.74, 6) is 1.02. The van der Waals surface area contributed by atoms with E-state index in [0.717, 1.165) is 18.8 Å². The summed E-state index contributed by atoms with van der Waals surface area (Å²) in [4.78, 5) is 14.2. The van der Waals surface area contributed by atoms with Gasteiger partial charge in [-0.2, -0.15) is 0 Å². The Hall–Kier alpha value is -1.33. The van der Waals surface area contributed by atoms with E-state index < -0.39 is 0 Å². The highest BCUT2D eigenvalue weighted by Crippen LogP contribution is 2.24. The summed E-state index contributed by atoms with van der Waals surface area (Å²) in [6.45, 7) is 3.22. The van der Waals surface area contributed by atoms with Gasteiger partial charge >= 0.3 is 0 Å². The molecule has 0 bridgehead atoms. The van der Waals surface area contributed by atoms with Crippen molar-refractivity contribution in [2.75, 3.05) is 26.2 Å². The molecule has 2 N–H and O–H groups in total. The number of nitrogens with one attached hydrogen (secondary N) is 2. The highest BCUT2D eigenvalue weighted by Gasteiger charge is 2.26. The van der Waals surface area contributed by atoms with E-state index in [1.54, 1.807) is 6.26 Å². The topological polar surface area (TPSA) is 57.5 Å². The van der Waals surface area contributed by atoms with Crippen LogP contribution in [-0.2, 0) is 4.79 Å². The summed E-state index contributed by atoms with van der Waals surface area (Å²) < 4.78 is 5.54. The third-order valence-corrected chi connectivity index (χ3v) is 4.07. The molecule has 1 aliphatic carbocycles. The van der Waals surface area contributed by atoms with Gasteiger partial charge < -0.3 is 15.1 Å². The molecule has 1 atom stereocenters. The Morgan fingerprint density at radius 1 is 1.40 bits per heavy atom. The highest BCUT2D eigenvalue weighted by molar-refractivity contribution is 5.78. The molecule has 3 rings (SSSR count). The van der Waals surface area contributed by atoms with Crippen molar-refractivity contribution >= 4 is 5.91 Å². The Labute approximate surface area is 119 Å². The lowest BCUT2D eigenvalue weighted by molar-refractivity contribution is -0.120. The lowest BCUT2D eigenvalue weighted by Crippen LogP contribution is -2.40. The number of likely N-dealkylation sites (tertiary alicyclic amines) is 1. The number of amides is 1. The van der Waals surface area contributed by atoms with Gasteiger partial charge in [-0.15, -0.1) is 0 Å². The van der Waals surface area contributed by atoms with Crippen LogP contribution in [-0.4, -0.2) is 43.0 Å². The van der Waals surface area contributed by atoms with Gasteiger partial charge in [-0.1, -0.05) is 0 Å². The van der Waals surface area contributed by atoms with Crippen molar-refractivity contribution in [3.63, 3.8) is 0 Å². The second-order valence-corrected chi connectivity index (χ2v) is 5.73. The van der Waals surface area contributed by atoms with E-state index in [1.165, 1.54) is 25.7 Å². The maximum Gasteiger partial charge on any atom is 0.234 e. The van der Waals surface area contributed by atoms with E-state index in [1.807, 2.05) is 12.1 Å². The van der Waals surface area contributed by atoms with Gasteiger partial charge in [-0.3, -0.25) is 9.69 Å². The van der Waals surface area contributed by atoms with Crippen LogP contribution in [0.25, 0.3) is 0 Å². The van der Waals surface area contributed by atoms with Gasteiger partial charge in [0.1, 0.15) is 5.76 Å². The molecule has 5 nitrogen and oxygen atoms in total. The Bertz CT molecular complexity index is 422. The number of hydrogen-bond donors (Lipinski definition) is 2. The maximum absolute atomic E-state index is 11.8. The normalized spacial score (nSPS) is 21.0. The molecule has 1 saturated carbocycles. The molecule has 2 heterocycles. The third-order valence-electron chi connectivity index (χ3n) is 4.07. The van der Waals surface area contributed by atoms with E-state index in [9.17, 15) is 4.79 Å². The van der Waals surface area contributed by atoms with Gasteiger partial charge in [0.15, 0.2) is 0 Å². The molecule has 2 aliphatic rings. The lowest BCUT2D eigenvalue weighted by atomic mass is 10.2. The predicted molar refractivity (Wildman–Crippen MR) is 76.3 cm³/mol. The molecule has 0 aromatic carbocycles. The number of rotatable bonds is 7. The fourth-order valence-electron chi connectivity index (χ4n) is 2.74. The van der Waals surface area contributed by atoms with Gasteiger partial charge in [0.2, 0.25) is 5.91 Å². The second kappa shape index (κ2) is 6.41. The quantitative estimate of drug-likeness (QED) is 0.788. The molecule has 1 aromatic rings. The van der Waals surface area contributed by atoms with Crippen LogP contribution in [0.1, 0.15) is 37.5 Å². The summed E-state index contributed by atoms with van der Waals surface area (Å²) in [7, 11) is 0. The molecule has 1 unspecified atom stereocenters. The Balaban J connectivity index is 1.51. The van der Waals surface area contributed by atoms with E-state index >= 15 is 0 Å². The van der Waals surface area contributed by atoms with Gasteiger partial charge in [-0.25, -0.2) is 0 Å². The third kappa shape index (κ3) is 3.61. The van der Waals surface area contributed by atoms with Gasteiger partial charge in [0.25, 0.3) is 0 Å². The van der Waals surface area contributed by atoms with Crippen molar-refractivity contribution in [1.82, 2.24) is 15.5 Å². The Morgan fingerprint density at radius 3 is 2.85 bits per heavy atom. The van der Waals surface area contributed by atoms with E-state index in [4.69, 9.17) is 4.42 Å². The molecule has 20 heavy (non-hydrogen) atoms. The van der Waals surface area contributed by atoms with Crippen molar-refractivity contribution in [1.29, 1.82) is 0 Å². The maximum atomic E-state index is 11.8. The molecule has 110 valence electrons. The zero-order chi connectivity index (χ0) is 13.8. The van der Waals surface area contributed by atoms with Gasteiger partial charge in [0, 0.05) is 12.6 Å². The first-order chi connectivity index (χ1) is 9.83. The molecule has 1 saturated heterocycles. The average Bonchev–Trinajstić information content (AvgIpc) is 2.94. The van der Waals surface area contributed by atoms with E-state index in [0.29, 0.717) is 19.1 Å². The Kier molecular flexibility index (Phi) is 4.38. The minimum Gasteiger partial charge on any atom is -0.468 e. The van der Waals surface area contributed by atoms with Crippen molar-refractivity contribution < 1.29 is 9.21 Å². The van der Waals surface area contributed by atoms with Gasteiger partial charge in [-0.05, 0) is 50.9 Å². The first-order valence-corrected chi connectivity index (χ1v) is 7.60. The summed E-state index contributed by atoms with van der Waals surface area (Å²) >= 11 is 0. The number of nitrogens with zero attached hydrogens (tertiary/aromatic N) is 1. The van der Waals surface area contributed by atoms with Crippen LogP contribution in [0.3, 0.4) is 0 Å². The summed E-state index contributed by atoms with van der Waals surface area (Å²) in [5.41, 5.74) is 0. The van der Waals surface area contributed by atoms with Crippen LogP contribution in [0.15, 0.2) is 22.8 Å². The minimum atomic E-state index is 0.0765. The van der Waals surface area contributed by atoms with Crippen LogP contribution >= 0.6 is 0 Å².